The van der Waals surface area contributed by atoms with E-state index in [4.69, 9.17) is 4.74 Å². The van der Waals surface area contributed by atoms with Crippen molar-refractivity contribution in [1.82, 2.24) is 10.2 Å². The fourth-order valence-electron chi connectivity index (χ4n) is 4.03. The SMILES string of the molecule is CCNC(COC)C1(N2CCCCC2)CCCC1. The third kappa shape index (κ3) is 2.89. The molecule has 3 heteroatoms. The summed E-state index contributed by atoms with van der Waals surface area (Å²) in [6.45, 7) is 6.70. The first-order valence-corrected chi connectivity index (χ1v) is 7.81. The Hall–Kier alpha value is -0.120. The van der Waals surface area contributed by atoms with E-state index in [1.165, 1.54) is 58.0 Å². The van der Waals surface area contributed by atoms with E-state index in [0.29, 0.717) is 11.6 Å². The summed E-state index contributed by atoms with van der Waals surface area (Å²) in [6.07, 6.45) is 9.68. The van der Waals surface area contributed by atoms with E-state index >= 15 is 0 Å². The van der Waals surface area contributed by atoms with Crippen LogP contribution in [0.2, 0.25) is 0 Å². The van der Waals surface area contributed by atoms with Crippen molar-refractivity contribution in [3.8, 4) is 0 Å². The number of nitrogens with one attached hydrogen (secondary N) is 1. The number of methoxy groups -OCH3 is 1. The lowest BCUT2D eigenvalue weighted by molar-refractivity contribution is 0.00868. The maximum atomic E-state index is 5.50. The van der Waals surface area contributed by atoms with Crippen LogP contribution in [-0.4, -0.2) is 49.8 Å². The lowest BCUT2D eigenvalue weighted by atomic mass is 9.84. The number of hydrogen-bond acceptors (Lipinski definition) is 3. The molecular weight excluding hydrogens is 224 g/mol. The van der Waals surface area contributed by atoms with Gasteiger partial charge in [-0.25, -0.2) is 0 Å². The van der Waals surface area contributed by atoms with Crippen LogP contribution in [0.25, 0.3) is 0 Å². The lowest BCUT2D eigenvalue weighted by Gasteiger charge is -2.48. The van der Waals surface area contributed by atoms with E-state index in [1.54, 1.807) is 0 Å². The van der Waals surface area contributed by atoms with Gasteiger partial charge in [0.05, 0.1) is 6.61 Å². The minimum absolute atomic E-state index is 0.381. The van der Waals surface area contributed by atoms with Gasteiger partial charge < -0.3 is 10.1 Å². The van der Waals surface area contributed by atoms with E-state index in [9.17, 15) is 0 Å². The molecule has 1 unspecified atom stereocenters. The summed E-state index contributed by atoms with van der Waals surface area (Å²) in [6, 6.07) is 0.508. The summed E-state index contributed by atoms with van der Waals surface area (Å²) < 4.78 is 5.50. The van der Waals surface area contributed by atoms with Crippen LogP contribution in [0.1, 0.15) is 51.9 Å². The van der Waals surface area contributed by atoms with Crippen LogP contribution in [0.3, 0.4) is 0 Å². The van der Waals surface area contributed by atoms with Gasteiger partial charge in [-0.3, -0.25) is 4.90 Å². The Kier molecular flexibility index (Phi) is 5.46. The van der Waals surface area contributed by atoms with Crippen molar-refractivity contribution in [2.24, 2.45) is 0 Å². The summed E-state index contributed by atoms with van der Waals surface area (Å²) in [4.78, 5) is 2.79. The third-order valence-corrected chi connectivity index (χ3v) is 4.89. The average molecular weight is 254 g/mol. The van der Waals surface area contributed by atoms with Crippen LogP contribution in [0, 0.1) is 0 Å². The predicted octanol–water partition coefficient (Wildman–Crippen LogP) is 2.41. The molecule has 0 bridgehead atoms. The number of hydrogen-bond donors (Lipinski definition) is 1. The molecule has 3 nitrogen and oxygen atoms in total. The summed E-state index contributed by atoms with van der Waals surface area (Å²) in [5, 5.41) is 3.70. The Bertz CT molecular complexity index is 227. The predicted molar refractivity (Wildman–Crippen MR) is 76.0 cm³/mol. The van der Waals surface area contributed by atoms with Gasteiger partial charge in [-0.1, -0.05) is 26.2 Å². The molecule has 18 heavy (non-hydrogen) atoms. The molecule has 0 aromatic carbocycles. The zero-order valence-electron chi connectivity index (χ0n) is 12.2. The smallest absolute Gasteiger partial charge is 0.0633 e. The molecule has 2 aliphatic rings. The van der Waals surface area contributed by atoms with Crippen LogP contribution >= 0.6 is 0 Å². The van der Waals surface area contributed by atoms with Crippen LogP contribution in [0.4, 0.5) is 0 Å². The highest BCUT2D eigenvalue weighted by atomic mass is 16.5. The standard InChI is InChI=1S/C15H30N2O/c1-3-16-14(13-18-2)15(9-5-6-10-15)17-11-7-4-8-12-17/h14,16H,3-13H2,1-2H3. The Morgan fingerprint density at radius 2 is 1.78 bits per heavy atom. The fourth-order valence-corrected chi connectivity index (χ4v) is 4.03. The van der Waals surface area contributed by atoms with Gasteiger partial charge in [0.1, 0.15) is 0 Å². The molecule has 1 aliphatic carbocycles. The van der Waals surface area contributed by atoms with Gasteiger partial charge in [-0.2, -0.15) is 0 Å². The second-order valence-electron chi connectivity index (χ2n) is 5.92. The first kappa shape index (κ1) is 14.3. The van der Waals surface area contributed by atoms with E-state index in [1.807, 2.05) is 7.11 Å². The Labute approximate surface area is 112 Å². The van der Waals surface area contributed by atoms with Crippen molar-refractivity contribution in [2.75, 3.05) is 33.4 Å². The zero-order valence-corrected chi connectivity index (χ0v) is 12.2. The van der Waals surface area contributed by atoms with Crippen molar-refractivity contribution < 1.29 is 4.74 Å². The summed E-state index contributed by atoms with van der Waals surface area (Å²) in [7, 11) is 1.84. The van der Waals surface area contributed by atoms with Crippen LogP contribution in [0.5, 0.6) is 0 Å². The largest absolute Gasteiger partial charge is 0.383 e. The van der Waals surface area contributed by atoms with Crippen molar-refractivity contribution in [2.45, 2.75) is 63.5 Å². The summed E-state index contributed by atoms with van der Waals surface area (Å²) in [5.41, 5.74) is 0.381. The second-order valence-corrected chi connectivity index (χ2v) is 5.92. The highest BCUT2D eigenvalue weighted by Gasteiger charge is 2.45. The van der Waals surface area contributed by atoms with E-state index in [-0.39, 0.29) is 0 Å². The molecule has 0 spiro atoms. The first-order valence-electron chi connectivity index (χ1n) is 7.81. The van der Waals surface area contributed by atoms with Gasteiger partial charge in [0, 0.05) is 18.7 Å². The fraction of sp³-hybridized carbons (Fsp3) is 1.00. The molecule has 1 atom stereocenters. The Morgan fingerprint density at radius 3 is 2.33 bits per heavy atom. The molecule has 0 radical (unpaired) electrons. The maximum Gasteiger partial charge on any atom is 0.0633 e. The monoisotopic (exact) mass is 254 g/mol. The highest BCUT2D eigenvalue weighted by Crippen LogP contribution is 2.39. The summed E-state index contributed by atoms with van der Waals surface area (Å²) >= 11 is 0. The van der Waals surface area contributed by atoms with Gasteiger partial charge in [-0.15, -0.1) is 0 Å². The lowest BCUT2D eigenvalue weighted by Crippen LogP contribution is -2.62. The number of ether oxygens (including phenoxy) is 1. The molecule has 0 aromatic heterocycles. The van der Waals surface area contributed by atoms with Crippen molar-refractivity contribution in [3.63, 3.8) is 0 Å². The molecular formula is C15H30N2O. The quantitative estimate of drug-likeness (QED) is 0.788. The minimum atomic E-state index is 0.381. The minimum Gasteiger partial charge on any atom is -0.383 e. The van der Waals surface area contributed by atoms with Gasteiger partial charge >= 0.3 is 0 Å². The number of piperidine rings is 1. The molecule has 106 valence electrons. The van der Waals surface area contributed by atoms with Crippen LogP contribution in [0.15, 0.2) is 0 Å². The van der Waals surface area contributed by atoms with Gasteiger partial charge in [0.15, 0.2) is 0 Å². The van der Waals surface area contributed by atoms with Gasteiger partial charge in [0.25, 0.3) is 0 Å². The van der Waals surface area contributed by atoms with Crippen molar-refractivity contribution in [3.05, 3.63) is 0 Å². The molecule has 2 rings (SSSR count). The molecule has 0 amide bonds. The third-order valence-electron chi connectivity index (χ3n) is 4.89. The molecule has 2 fully saturated rings. The van der Waals surface area contributed by atoms with Crippen molar-refractivity contribution in [1.29, 1.82) is 0 Å². The second kappa shape index (κ2) is 6.88. The molecule has 1 aliphatic heterocycles. The van der Waals surface area contributed by atoms with E-state index in [2.05, 4.69) is 17.1 Å². The Balaban J connectivity index is 2.12. The van der Waals surface area contributed by atoms with E-state index < -0.39 is 0 Å². The molecule has 1 N–H and O–H groups in total. The first-order chi connectivity index (χ1) is 8.83. The zero-order chi connectivity index (χ0) is 12.8. The van der Waals surface area contributed by atoms with Gasteiger partial charge in [-0.05, 0) is 45.3 Å². The number of likely N-dealkylation sites (N-methyl/N-ethyl adjacent to an activating group) is 1. The molecule has 0 aromatic rings. The number of nitrogens with zero attached hydrogens (tertiary/aromatic N) is 1. The highest BCUT2D eigenvalue weighted by molar-refractivity contribution is 5.04. The van der Waals surface area contributed by atoms with E-state index in [0.717, 1.165) is 13.2 Å². The normalized spacial score (nSPS) is 26.3. The summed E-state index contributed by atoms with van der Waals surface area (Å²) in [5.74, 6) is 0. The van der Waals surface area contributed by atoms with Crippen LogP contribution < -0.4 is 5.32 Å². The molecule has 1 saturated carbocycles. The van der Waals surface area contributed by atoms with Gasteiger partial charge in [0.2, 0.25) is 0 Å². The average Bonchev–Trinajstić information content (AvgIpc) is 2.90. The maximum absolute atomic E-state index is 5.50. The molecule has 1 saturated heterocycles. The molecule has 1 heterocycles. The van der Waals surface area contributed by atoms with Crippen molar-refractivity contribution >= 4 is 0 Å². The Morgan fingerprint density at radius 1 is 1.11 bits per heavy atom. The topological polar surface area (TPSA) is 24.5 Å². The number of rotatable bonds is 6. The van der Waals surface area contributed by atoms with Crippen LogP contribution in [-0.2, 0) is 4.74 Å². The number of likely N-dealkylation sites (tertiary alicyclic amines) is 1.